The minimum absolute atomic E-state index is 0.0667. The number of nitrogens with zero attached hydrogens (tertiary/aromatic N) is 1. The lowest BCUT2D eigenvalue weighted by Gasteiger charge is -2.31. The Bertz CT molecular complexity index is 695. The molecule has 2 unspecified atom stereocenters. The van der Waals surface area contributed by atoms with E-state index >= 15 is 0 Å². The first-order valence-corrected chi connectivity index (χ1v) is 8.03. The van der Waals surface area contributed by atoms with E-state index in [1.807, 2.05) is 6.92 Å². The van der Waals surface area contributed by atoms with Crippen molar-refractivity contribution in [3.8, 4) is 5.75 Å². The van der Waals surface area contributed by atoms with E-state index in [4.69, 9.17) is 15.2 Å². The van der Waals surface area contributed by atoms with E-state index in [0.717, 1.165) is 38.5 Å². The summed E-state index contributed by atoms with van der Waals surface area (Å²) < 4.78 is 11.4. The highest BCUT2D eigenvalue weighted by Crippen LogP contribution is 2.35. The van der Waals surface area contributed by atoms with Gasteiger partial charge in [-0.2, -0.15) is 0 Å². The highest BCUT2D eigenvalue weighted by molar-refractivity contribution is 5.90. The number of anilines is 1. The molecule has 22 heavy (non-hydrogen) atoms. The monoisotopic (exact) mass is 298 g/mol. The van der Waals surface area contributed by atoms with Gasteiger partial charge >= 0.3 is 0 Å². The zero-order valence-corrected chi connectivity index (χ0v) is 12.9. The maximum atomic E-state index is 6.18. The molecule has 0 saturated carbocycles. The Morgan fingerprint density at radius 1 is 1.14 bits per heavy atom. The second-order valence-electron chi connectivity index (χ2n) is 6.24. The van der Waals surface area contributed by atoms with Crippen molar-refractivity contribution in [2.24, 2.45) is 5.73 Å². The summed E-state index contributed by atoms with van der Waals surface area (Å²) in [7, 11) is 0. The predicted octanol–water partition coefficient (Wildman–Crippen LogP) is 2.33. The van der Waals surface area contributed by atoms with Crippen LogP contribution in [0.1, 0.15) is 12.5 Å². The molecule has 4 rings (SSSR count). The normalized spacial score (nSPS) is 24.9. The number of rotatable bonds is 1. The number of nitrogens with two attached hydrogens (primary N) is 1. The molecule has 2 atom stereocenters. The second-order valence-corrected chi connectivity index (χ2v) is 6.24. The SMILES string of the molecule is CC1Oc2ccc3cc(N4CCOCC4)ccc3c2CC1N. The maximum Gasteiger partial charge on any atom is 0.123 e. The molecule has 0 spiro atoms. The fourth-order valence-corrected chi connectivity index (χ4v) is 3.39. The molecule has 0 radical (unpaired) electrons. The highest BCUT2D eigenvalue weighted by atomic mass is 16.5. The second kappa shape index (κ2) is 5.45. The summed E-state index contributed by atoms with van der Waals surface area (Å²) in [6.45, 7) is 5.58. The van der Waals surface area contributed by atoms with Gasteiger partial charge in [0.05, 0.1) is 13.2 Å². The number of morpholine rings is 1. The van der Waals surface area contributed by atoms with Crippen LogP contribution >= 0.6 is 0 Å². The molecule has 0 aliphatic carbocycles. The lowest BCUT2D eigenvalue weighted by Crippen LogP contribution is -2.41. The molecule has 2 aromatic carbocycles. The largest absolute Gasteiger partial charge is 0.489 e. The Labute approximate surface area is 130 Å². The fourth-order valence-electron chi connectivity index (χ4n) is 3.39. The lowest BCUT2D eigenvalue weighted by molar-refractivity contribution is 0.122. The number of hydrogen-bond donors (Lipinski definition) is 1. The number of benzene rings is 2. The molecule has 2 heterocycles. The van der Waals surface area contributed by atoms with Gasteiger partial charge in [0.2, 0.25) is 0 Å². The molecule has 2 N–H and O–H groups in total. The van der Waals surface area contributed by atoms with Crippen LogP contribution in [0.15, 0.2) is 30.3 Å². The van der Waals surface area contributed by atoms with Crippen molar-refractivity contribution in [3.05, 3.63) is 35.9 Å². The van der Waals surface area contributed by atoms with Gasteiger partial charge in [-0.3, -0.25) is 0 Å². The van der Waals surface area contributed by atoms with E-state index < -0.39 is 0 Å². The Kier molecular flexibility index (Phi) is 3.43. The van der Waals surface area contributed by atoms with Crippen molar-refractivity contribution >= 4 is 16.5 Å². The first-order chi connectivity index (χ1) is 10.7. The molecule has 1 saturated heterocycles. The highest BCUT2D eigenvalue weighted by Gasteiger charge is 2.25. The van der Waals surface area contributed by atoms with Crippen LogP contribution in [0.5, 0.6) is 5.75 Å². The van der Waals surface area contributed by atoms with Gasteiger partial charge in [0.15, 0.2) is 0 Å². The Morgan fingerprint density at radius 3 is 2.77 bits per heavy atom. The predicted molar refractivity (Wildman–Crippen MR) is 88.7 cm³/mol. The third kappa shape index (κ3) is 2.32. The molecular weight excluding hydrogens is 276 g/mol. The summed E-state index contributed by atoms with van der Waals surface area (Å²) in [5.74, 6) is 0.987. The van der Waals surface area contributed by atoms with Crippen molar-refractivity contribution in [1.29, 1.82) is 0 Å². The van der Waals surface area contributed by atoms with Crippen molar-refractivity contribution in [1.82, 2.24) is 0 Å². The minimum Gasteiger partial charge on any atom is -0.489 e. The topological polar surface area (TPSA) is 47.7 Å². The summed E-state index contributed by atoms with van der Waals surface area (Å²) in [5, 5.41) is 2.52. The van der Waals surface area contributed by atoms with Crippen molar-refractivity contribution in [3.63, 3.8) is 0 Å². The van der Waals surface area contributed by atoms with Gasteiger partial charge < -0.3 is 20.1 Å². The van der Waals surface area contributed by atoms with Crippen molar-refractivity contribution in [2.45, 2.75) is 25.5 Å². The average Bonchev–Trinajstić information content (AvgIpc) is 2.56. The Balaban J connectivity index is 1.74. The molecular formula is C18H22N2O2. The molecule has 2 aliphatic rings. The van der Waals surface area contributed by atoms with E-state index in [0.29, 0.717) is 0 Å². The van der Waals surface area contributed by atoms with E-state index in [2.05, 4.69) is 35.2 Å². The van der Waals surface area contributed by atoms with E-state index in [9.17, 15) is 0 Å². The molecule has 0 bridgehead atoms. The zero-order chi connectivity index (χ0) is 15.1. The van der Waals surface area contributed by atoms with Gasteiger partial charge in [0, 0.05) is 30.4 Å². The van der Waals surface area contributed by atoms with E-state index in [1.165, 1.54) is 22.0 Å². The maximum absolute atomic E-state index is 6.18. The zero-order valence-electron chi connectivity index (χ0n) is 12.9. The van der Waals surface area contributed by atoms with Crippen LogP contribution < -0.4 is 15.4 Å². The minimum atomic E-state index is 0.0667. The summed E-state index contributed by atoms with van der Waals surface area (Å²) in [6.07, 6.45) is 0.961. The summed E-state index contributed by atoms with van der Waals surface area (Å²) in [5.41, 5.74) is 8.70. The summed E-state index contributed by atoms with van der Waals surface area (Å²) >= 11 is 0. The first-order valence-electron chi connectivity index (χ1n) is 8.03. The first kappa shape index (κ1) is 13.9. The molecule has 1 fully saturated rings. The summed E-state index contributed by atoms with van der Waals surface area (Å²) in [6, 6.07) is 11.0. The smallest absolute Gasteiger partial charge is 0.123 e. The molecule has 116 valence electrons. The van der Waals surface area contributed by atoms with Crippen LogP contribution in [0, 0.1) is 0 Å². The van der Waals surface area contributed by atoms with E-state index in [1.54, 1.807) is 0 Å². The number of hydrogen-bond acceptors (Lipinski definition) is 4. The van der Waals surface area contributed by atoms with Gasteiger partial charge in [-0.15, -0.1) is 0 Å². The van der Waals surface area contributed by atoms with Crippen molar-refractivity contribution < 1.29 is 9.47 Å². The van der Waals surface area contributed by atoms with Crippen LogP contribution in [-0.2, 0) is 11.2 Å². The van der Waals surface area contributed by atoms with Crippen LogP contribution in [-0.4, -0.2) is 38.4 Å². The van der Waals surface area contributed by atoms with Crippen LogP contribution in [0.25, 0.3) is 10.8 Å². The van der Waals surface area contributed by atoms with Crippen LogP contribution in [0.2, 0.25) is 0 Å². The molecule has 2 aliphatic heterocycles. The Morgan fingerprint density at radius 2 is 1.95 bits per heavy atom. The third-order valence-corrected chi connectivity index (χ3v) is 4.80. The quantitative estimate of drug-likeness (QED) is 0.878. The fraction of sp³-hybridized carbons (Fsp3) is 0.444. The van der Waals surface area contributed by atoms with Gasteiger partial charge in [0.25, 0.3) is 0 Å². The molecule has 0 aromatic heterocycles. The third-order valence-electron chi connectivity index (χ3n) is 4.80. The molecule has 2 aromatic rings. The number of fused-ring (bicyclic) bond motifs is 3. The molecule has 4 heteroatoms. The van der Waals surface area contributed by atoms with Gasteiger partial charge in [0.1, 0.15) is 11.9 Å². The lowest BCUT2D eigenvalue weighted by atomic mass is 9.93. The standard InChI is InChI=1S/C18H22N2O2/c1-12-17(19)11-16-15-4-3-14(20-6-8-21-9-7-20)10-13(15)2-5-18(16)22-12/h2-5,10,12,17H,6-9,11,19H2,1H3. The average molecular weight is 298 g/mol. The molecule has 4 nitrogen and oxygen atoms in total. The van der Waals surface area contributed by atoms with Crippen LogP contribution in [0.4, 0.5) is 5.69 Å². The molecule has 0 amide bonds. The van der Waals surface area contributed by atoms with Gasteiger partial charge in [-0.25, -0.2) is 0 Å². The van der Waals surface area contributed by atoms with Gasteiger partial charge in [-0.05, 0) is 42.3 Å². The van der Waals surface area contributed by atoms with Gasteiger partial charge in [-0.1, -0.05) is 12.1 Å². The Hall–Kier alpha value is -1.78. The summed E-state index contributed by atoms with van der Waals surface area (Å²) in [4.78, 5) is 2.38. The van der Waals surface area contributed by atoms with Crippen LogP contribution in [0.3, 0.4) is 0 Å². The van der Waals surface area contributed by atoms with E-state index in [-0.39, 0.29) is 12.1 Å². The number of ether oxygens (including phenoxy) is 2. The van der Waals surface area contributed by atoms with Crippen molar-refractivity contribution in [2.75, 3.05) is 31.2 Å².